The van der Waals surface area contributed by atoms with E-state index in [1.165, 1.54) is 25.7 Å². The normalized spacial score (nSPS) is 17.2. The lowest BCUT2D eigenvalue weighted by Crippen LogP contribution is -2.45. The first-order valence-electron chi connectivity index (χ1n) is 13.1. The topological polar surface area (TPSA) is 35.6 Å². The maximum Gasteiger partial charge on any atom is 0.326 e. The van der Waals surface area contributed by atoms with Gasteiger partial charge >= 0.3 is 6.03 Å². The number of rotatable bonds is 6. The number of halogens is 3. The van der Waals surface area contributed by atoms with Crippen LogP contribution in [0.25, 0.3) is 11.1 Å². The van der Waals surface area contributed by atoms with Crippen LogP contribution in [0, 0.1) is 5.92 Å². The molecule has 7 heteroatoms. The summed E-state index contributed by atoms with van der Waals surface area (Å²) >= 11 is 18.5. The van der Waals surface area contributed by atoms with Crippen molar-refractivity contribution in [1.29, 1.82) is 0 Å². The van der Waals surface area contributed by atoms with E-state index in [9.17, 15) is 4.79 Å². The van der Waals surface area contributed by atoms with Crippen LogP contribution in [0.2, 0.25) is 15.1 Å². The lowest BCUT2D eigenvalue weighted by Gasteiger charge is -2.37. The minimum atomic E-state index is -0.188. The summed E-state index contributed by atoms with van der Waals surface area (Å²) < 4.78 is 0. The molecule has 37 heavy (non-hydrogen) atoms. The zero-order valence-electron chi connectivity index (χ0n) is 20.8. The Kier molecular flexibility index (Phi) is 8.61. The Labute approximate surface area is 234 Å². The van der Waals surface area contributed by atoms with Crippen LogP contribution in [-0.4, -0.2) is 36.6 Å². The van der Waals surface area contributed by atoms with Gasteiger partial charge in [-0.25, -0.2) is 4.79 Å². The van der Waals surface area contributed by atoms with Gasteiger partial charge in [0.2, 0.25) is 0 Å². The smallest absolute Gasteiger partial charge is 0.307 e. The molecule has 194 valence electrons. The summed E-state index contributed by atoms with van der Waals surface area (Å²) in [4.78, 5) is 18.1. The monoisotopic (exact) mass is 555 g/mol. The molecular formula is C30H32Cl3N3O. The predicted octanol–water partition coefficient (Wildman–Crippen LogP) is 9.01. The summed E-state index contributed by atoms with van der Waals surface area (Å²) in [6.07, 6.45) is 7.59. The molecule has 3 aromatic carbocycles. The van der Waals surface area contributed by atoms with E-state index >= 15 is 0 Å². The average molecular weight is 557 g/mol. The Hall–Kier alpha value is -2.24. The van der Waals surface area contributed by atoms with Crippen LogP contribution in [0.5, 0.6) is 0 Å². The molecule has 1 saturated heterocycles. The number of nitrogens with one attached hydrogen (secondary N) is 1. The molecule has 1 heterocycles. The summed E-state index contributed by atoms with van der Waals surface area (Å²) in [7, 11) is 0. The van der Waals surface area contributed by atoms with Gasteiger partial charge in [0.1, 0.15) is 0 Å². The van der Waals surface area contributed by atoms with Crippen molar-refractivity contribution in [3.8, 4) is 11.1 Å². The van der Waals surface area contributed by atoms with Crippen LogP contribution in [0.15, 0.2) is 66.7 Å². The standard InChI is InChI=1S/C30H32Cl3N3O/c31-24-5-3-4-23(16-24)22-8-10-29(11-9-22)36(30(37)34-27-18-25(32)17-26(33)19-27)20-21-12-14-35(15-13-21)28-6-1-2-7-28/h3-5,8-11,16-19,21,28H,1-2,6-7,12-15,20H2,(H,34,37). The fourth-order valence-electron chi connectivity index (χ4n) is 5.65. The van der Waals surface area contributed by atoms with Crippen molar-refractivity contribution in [1.82, 2.24) is 4.90 Å². The number of amides is 2. The van der Waals surface area contributed by atoms with Gasteiger partial charge in [-0.05, 0) is 98.3 Å². The number of carbonyl (C=O) groups is 1. The van der Waals surface area contributed by atoms with E-state index in [1.54, 1.807) is 18.2 Å². The third kappa shape index (κ3) is 6.80. The van der Waals surface area contributed by atoms with Crippen LogP contribution >= 0.6 is 34.8 Å². The maximum atomic E-state index is 13.6. The highest BCUT2D eigenvalue weighted by atomic mass is 35.5. The molecule has 1 saturated carbocycles. The number of piperidine rings is 1. The molecule has 2 amide bonds. The van der Waals surface area contributed by atoms with E-state index < -0.39 is 0 Å². The third-order valence-electron chi connectivity index (χ3n) is 7.63. The molecule has 0 unspecified atom stereocenters. The van der Waals surface area contributed by atoms with E-state index in [0.717, 1.165) is 48.8 Å². The molecule has 2 aliphatic rings. The van der Waals surface area contributed by atoms with Crippen LogP contribution in [-0.2, 0) is 0 Å². The van der Waals surface area contributed by atoms with E-state index in [-0.39, 0.29) is 6.03 Å². The van der Waals surface area contributed by atoms with E-state index in [4.69, 9.17) is 34.8 Å². The van der Waals surface area contributed by atoms with Crippen molar-refractivity contribution in [3.05, 3.63) is 81.8 Å². The fraction of sp³-hybridized carbons (Fsp3) is 0.367. The zero-order valence-corrected chi connectivity index (χ0v) is 23.1. The summed E-state index contributed by atoms with van der Waals surface area (Å²) in [5.41, 5.74) is 3.54. The molecular weight excluding hydrogens is 525 g/mol. The molecule has 1 N–H and O–H groups in total. The Bertz CT molecular complexity index is 1200. The van der Waals surface area contributed by atoms with Crippen LogP contribution in [0.3, 0.4) is 0 Å². The summed E-state index contributed by atoms with van der Waals surface area (Å²) in [5.74, 6) is 0.443. The average Bonchev–Trinajstić information content (AvgIpc) is 3.42. The second kappa shape index (κ2) is 12.1. The lowest BCUT2D eigenvalue weighted by molar-refractivity contribution is 0.136. The Morgan fingerprint density at radius 1 is 0.811 bits per heavy atom. The zero-order chi connectivity index (χ0) is 25.8. The highest BCUT2D eigenvalue weighted by molar-refractivity contribution is 6.35. The number of likely N-dealkylation sites (tertiary alicyclic amines) is 1. The van der Waals surface area contributed by atoms with Crippen LogP contribution in [0.1, 0.15) is 38.5 Å². The SMILES string of the molecule is O=C(Nc1cc(Cl)cc(Cl)c1)N(CC1CCN(C2CCCC2)CC1)c1ccc(-c2cccc(Cl)c2)cc1. The first-order chi connectivity index (χ1) is 17.9. The van der Waals surface area contributed by atoms with Gasteiger partial charge in [0.25, 0.3) is 0 Å². The predicted molar refractivity (Wildman–Crippen MR) is 156 cm³/mol. The molecule has 0 bridgehead atoms. The quantitative estimate of drug-likeness (QED) is 0.329. The molecule has 0 spiro atoms. The maximum absolute atomic E-state index is 13.6. The number of carbonyl (C=O) groups excluding carboxylic acids is 1. The second-order valence-electron chi connectivity index (χ2n) is 10.2. The van der Waals surface area contributed by atoms with E-state index in [2.05, 4.69) is 10.2 Å². The number of urea groups is 1. The molecule has 4 nitrogen and oxygen atoms in total. The minimum absolute atomic E-state index is 0.188. The van der Waals surface area contributed by atoms with Crippen molar-refractivity contribution >= 4 is 52.2 Å². The highest BCUT2D eigenvalue weighted by Gasteiger charge is 2.29. The van der Waals surface area contributed by atoms with Gasteiger partial charge < -0.3 is 10.2 Å². The van der Waals surface area contributed by atoms with Gasteiger partial charge in [-0.15, -0.1) is 0 Å². The molecule has 0 aromatic heterocycles. The number of hydrogen-bond acceptors (Lipinski definition) is 2. The summed E-state index contributed by atoms with van der Waals surface area (Å²) in [6, 6.07) is 21.5. The first kappa shape index (κ1) is 26.4. The van der Waals surface area contributed by atoms with Crippen molar-refractivity contribution in [3.63, 3.8) is 0 Å². The largest absolute Gasteiger partial charge is 0.326 e. The molecule has 1 aliphatic heterocycles. The fourth-order valence-corrected chi connectivity index (χ4v) is 6.37. The second-order valence-corrected chi connectivity index (χ2v) is 11.5. The van der Waals surface area contributed by atoms with E-state index in [1.807, 2.05) is 53.4 Å². The summed E-state index contributed by atoms with van der Waals surface area (Å²) in [5, 5.41) is 4.68. The molecule has 2 fully saturated rings. The molecule has 5 rings (SSSR count). The number of nitrogens with zero attached hydrogens (tertiary/aromatic N) is 2. The molecule has 0 atom stereocenters. The highest BCUT2D eigenvalue weighted by Crippen LogP contribution is 2.31. The van der Waals surface area contributed by atoms with Gasteiger partial charge in [0.05, 0.1) is 0 Å². The van der Waals surface area contributed by atoms with Crippen LogP contribution < -0.4 is 10.2 Å². The van der Waals surface area contributed by atoms with Crippen molar-refractivity contribution in [2.45, 2.75) is 44.6 Å². The van der Waals surface area contributed by atoms with Gasteiger partial charge in [0, 0.05) is 39.0 Å². The van der Waals surface area contributed by atoms with Gasteiger partial charge in [-0.2, -0.15) is 0 Å². The van der Waals surface area contributed by atoms with E-state index in [0.29, 0.717) is 33.2 Å². The van der Waals surface area contributed by atoms with Gasteiger partial charge in [0.15, 0.2) is 0 Å². The lowest BCUT2D eigenvalue weighted by atomic mass is 9.94. The van der Waals surface area contributed by atoms with Gasteiger partial charge in [-0.3, -0.25) is 4.90 Å². The first-order valence-corrected chi connectivity index (χ1v) is 14.2. The summed E-state index contributed by atoms with van der Waals surface area (Å²) in [6.45, 7) is 2.89. The number of benzene rings is 3. The Morgan fingerprint density at radius 3 is 2.14 bits per heavy atom. The molecule has 1 aliphatic carbocycles. The van der Waals surface area contributed by atoms with Crippen LogP contribution in [0.4, 0.5) is 16.2 Å². The number of anilines is 2. The number of hydrogen-bond donors (Lipinski definition) is 1. The van der Waals surface area contributed by atoms with Gasteiger partial charge in [-0.1, -0.05) is 71.9 Å². The van der Waals surface area contributed by atoms with Crippen molar-refractivity contribution in [2.75, 3.05) is 29.9 Å². The van der Waals surface area contributed by atoms with Crippen molar-refractivity contribution < 1.29 is 4.79 Å². The Balaban J connectivity index is 1.34. The molecule has 0 radical (unpaired) electrons. The molecule has 3 aromatic rings. The van der Waals surface area contributed by atoms with Crippen molar-refractivity contribution in [2.24, 2.45) is 5.92 Å². The Morgan fingerprint density at radius 2 is 1.49 bits per heavy atom. The third-order valence-corrected chi connectivity index (χ3v) is 8.30. The minimum Gasteiger partial charge on any atom is -0.307 e.